The molecule has 2 bridgehead atoms. The van der Waals surface area contributed by atoms with Crippen molar-refractivity contribution in [3.05, 3.63) is 48.5 Å². The minimum atomic E-state index is -0.182. The first-order valence-corrected chi connectivity index (χ1v) is 8.69. The minimum absolute atomic E-state index is 0.121. The molecule has 130 valence electrons. The zero-order valence-corrected chi connectivity index (χ0v) is 14.2. The first-order valence-electron chi connectivity index (χ1n) is 8.69. The van der Waals surface area contributed by atoms with Gasteiger partial charge in [0.2, 0.25) is 0 Å². The second-order valence-electron chi connectivity index (χ2n) is 6.60. The van der Waals surface area contributed by atoms with E-state index in [1.54, 1.807) is 7.11 Å². The fourth-order valence-electron chi connectivity index (χ4n) is 3.77. The Labute approximate surface area is 147 Å². The number of ether oxygens (including phenoxy) is 2. The summed E-state index contributed by atoms with van der Waals surface area (Å²) < 4.78 is 11.2. The fraction of sp³-hybridized carbons (Fsp3) is 0.350. The Hall–Kier alpha value is -2.53. The van der Waals surface area contributed by atoms with Gasteiger partial charge < -0.3 is 20.1 Å². The lowest BCUT2D eigenvalue weighted by atomic mass is 9.96. The summed E-state index contributed by atoms with van der Waals surface area (Å²) in [5.74, 6) is 0.809. The van der Waals surface area contributed by atoms with Gasteiger partial charge in [0, 0.05) is 11.3 Å². The smallest absolute Gasteiger partial charge is 0.319 e. The summed E-state index contributed by atoms with van der Waals surface area (Å²) in [5.41, 5.74) is 2.75. The van der Waals surface area contributed by atoms with Gasteiger partial charge in [-0.3, -0.25) is 0 Å². The third kappa shape index (κ3) is 3.33. The van der Waals surface area contributed by atoms with Crippen molar-refractivity contribution in [3.63, 3.8) is 0 Å². The molecule has 2 aliphatic heterocycles. The number of anilines is 1. The number of urea groups is 1. The Morgan fingerprint density at radius 1 is 1.16 bits per heavy atom. The number of amides is 2. The number of carbonyl (C=O) groups is 1. The first-order chi connectivity index (χ1) is 12.2. The maximum atomic E-state index is 12.3. The van der Waals surface area contributed by atoms with Crippen molar-refractivity contribution in [2.24, 2.45) is 0 Å². The topological polar surface area (TPSA) is 59.6 Å². The summed E-state index contributed by atoms with van der Waals surface area (Å²) >= 11 is 0. The summed E-state index contributed by atoms with van der Waals surface area (Å²) in [5, 5.41) is 5.97. The highest BCUT2D eigenvalue weighted by Crippen LogP contribution is 2.34. The van der Waals surface area contributed by atoms with Gasteiger partial charge in [-0.1, -0.05) is 30.3 Å². The van der Waals surface area contributed by atoms with Crippen LogP contribution in [0.4, 0.5) is 10.5 Å². The molecule has 25 heavy (non-hydrogen) atoms. The van der Waals surface area contributed by atoms with Crippen molar-refractivity contribution in [2.45, 2.75) is 37.5 Å². The monoisotopic (exact) mass is 338 g/mol. The average Bonchev–Trinajstić information content (AvgIpc) is 3.25. The van der Waals surface area contributed by atoms with E-state index in [-0.39, 0.29) is 18.2 Å². The maximum absolute atomic E-state index is 12.3. The van der Waals surface area contributed by atoms with E-state index >= 15 is 0 Å². The number of nitrogens with one attached hydrogen (secondary N) is 2. The molecule has 2 aliphatic rings. The van der Waals surface area contributed by atoms with Gasteiger partial charge in [-0.15, -0.1) is 0 Å². The lowest BCUT2D eigenvalue weighted by Gasteiger charge is -2.20. The number of fused-ring (bicyclic) bond motifs is 2. The van der Waals surface area contributed by atoms with Crippen LogP contribution in [0.25, 0.3) is 11.1 Å². The number of hydrogen-bond acceptors (Lipinski definition) is 3. The van der Waals surface area contributed by atoms with E-state index in [1.807, 2.05) is 48.5 Å². The van der Waals surface area contributed by atoms with Crippen LogP contribution in [-0.2, 0) is 4.74 Å². The number of methoxy groups -OCH3 is 1. The van der Waals surface area contributed by atoms with Gasteiger partial charge in [-0.25, -0.2) is 4.79 Å². The van der Waals surface area contributed by atoms with E-state index in [2.05, 4.69) is 10.6 Å². The predicted octanol–water partition coefficient (Wildman–Crippen LogP) is 3.80. The lowest BCUT2D eigenvalue weighted by molar-refractivity contribution is 0.0984. The number of carbonyl (C=O) groups excluding carboxylic acids is 1. The van der Waals surface area contributed by atoms with Gasteiger partial charge in [0.05, 0.1) is 25.4 Å². The van der Waals surface area contributed by atoms with Gasteiger partial charge >= 0.3 is 6.03 Å². The summed E-state index contributed by atoms with van der Waals surface area (Å²) in [4.78, 5) is 12.3. The van der Waals surface area contributed by atoms with Crippen molar-refractivity contribution < 1.29 is 14.3 Å². The first kappa shape index (κ1) is 16.0. The molecule has 3 atom stereocenters. The highest BCUT2D eigenvalue weighted by atomic mass is 16.5. The number of para-hydroxylation sites is 1. The van der Waals surface area contributed by atoms with Gasteiger partial charge in [-0.05, 0) is 43.0 Å². The van der Waals surface area contributed by atoms with Crippen LogP contribution in [0, 0.1) is 0 Å². The molecule has 0 saturated carbocycles. The van der Waals surface area contributed by atoms with E-state index < -0.39 is 0 Å². The molecular weight excluding hydrogens is 316 g/mol. The molecule has 2 saturated heterocycles. The summed E-state index contributed by atoms with van der Waals surface area (Å²) in [6.45, 7) is 0. The molecule has 2 fully saturated rings. The van der Waals surface area contributed by atoms with Gasteiger partial charge in [-0.2, -0.15) is 0 Å². The van der Waals surface area contributed by atoms with Crippen molar-refractivity contribution in [2.75, 3.05) is 12.4 Å². The molecule has 0 spiro atoms. The Balaban J connectivity index is 1.45. The van der Waals surface area contributed by atoms with E-state index in [0.717, 1.165) is 41.8 Å². The molecule has 0 radical (unpaired) electrons. The second kappa shape index (κ2) is 6.76. The number of hydrogen-bond donors (Lipinski definition) is 2. The van der Waals surface area contributed by atoms with Crippen LogP contribution >= 0.6 is 0 Å². The van der Waals surface area contributed by atoms with Crippen molar-refractivity contribution in [1.82, 2.24) is 5.32 Å². The van der Waals surface area contributed by atoms with Crippen LogP contribution in [0.2, 0.25) is 0 Å². The SMILES string of the molecule is COc1ccccc1-c1cccc(NC(=O)N[C@H]2C[C@H]3CC[C@H]2O3)c1. The molecule has 2 aromatic rings. The molecule has 2 N–H and O–H groups in total. The molecular formula is C20H22N2O3. The standard InChI is InChI=1S/C20H22N2O3/c1-24-18-8-3-2-7-16(18)13-5-4-6-14(11-13)21-20(23)22-17-12-15-9-10-19(17)25-15/h2-8,11,15,17,19H,9-10,12H2,1H3,(H2,21,22,23)/t15-,17+,19-/m1/s1. The molecule has 2 amide bonds. The van der Waals surface area contributed by atoms with Crippen molar-refractivity contribution in [3.8, 4) is 16.9 Å². The zero-order valence-electron chi connectivity index (χ0n) is 14.2. The van der Waals surface area contributed by atoms with E-state index in [0.29, 0.717) is 6.10 Å². The molecule has 0 unspecified atom stereocenters. The average molecular weight is 338 g/mol. The predicted molar refractivity (Wildman–Crippen MR) is 96.9 cm³/mol. The van der Waals surface area contributed by atoms with E-state index in [4.69, 9.17) is 9.47 Å². The fourth-order valence-corrected chi connectivity index (χ4v) is 3.77. The van der Waals surface area contributed by atoms with Crippen LogP contribution in [-0.4, -0.2) is 31.4 Å². The third-order valence-corrected chi connectivity index (χ3v) is 4.96. The Morgan fingerprint density at radius 3 is 2.80 bits per heavy atom. The Bertz CT molecular complexity index is 777. The normalized spacial score (nSPS) is 24.1. The largest absolute Gasteiger partial charge is 0.496 e. The Kier molecular flexibility index (Phi) is 4.32. The second-order valence-corrected chi connectivity index (χ2v) is 6.60. The van der Waals surface area contributed by atoms with E-state index in [9.17, 15) is 4.79 Å². The molecule has 4 rings (SSSR count). The maximum Gasteiger partial charge on any atom is 0.319 e. The highest BCUT2D eigenvalue weighted by Gasteiger charge is 2.41. The molecule has 0 aliphatic carbocycles. The van der Waals surface area contributed by atoms with E-state index in [1.165, 1.54) is 0 Å². The van der Waals surface area contributed by atoms with Gasteiger partial charge in [0.15, 0.2) is 0 Å². The lowest BCUT2D eigenvalue weighted by Crippen LogP contribution is -2.43. The molecule has 2 heterocycles. The van der Waals surface area contributed by atoms with Crippen LogP contribution in [0.3, 0.4) is 0 Å². The minimum Gasteiger partial charge on any atom is -0.496 e. The summed E-state index contributed by atoms with van der Waals surface area (Å²) in [7, 11) is 1.66. The van der Waals surface area contributed by atoms with Crippen LogP contribution in [0.5, 0.6) is 5.75 Å². The van der Waals surface area contributed by atoms with Crippen molar-refractivity contribution in [1.29, 1.82) is 0 Å². The highest BCUT2D eigenvalue weighted by molar-refractivity contribution is 5.90. The van der Waals surface area contributed by atoms with Gasteiger partial charge in [0.25, 0.3) is 0 Å². The number of benzene rings is 2. The van der Waals surface area contributed by atoms with Gasteiger partial charge in [0.1, 0.15) is 5.75 Å². The molecule has 5 heteroatoms. The zero-order chi connectivity index (χ0) is 17.2. The van der Waals surface area contributed by atoms with Crippen LogP contribution < -0.4 is 15.4 Å². The molecule has 0 aromatic heterocycles. The van der Waals surface area contributed by atoms with Crippen LogP contribution in [0.15, 0.2) is 48.5 Å². The van der Waals surface area contributed by atoms with Crippen molar-refractivity contribution >= 4 is 11.7 Å². The quantitative estimate of drug-likeness (QED) is 0.891. The molecule has 2 aromatic carbocycles. The Morgan fingerprint density at radius 2 is 2.04 bits per heavy atom. The summed E-state index contributed by atoms with van der Waals surface area (Å²) in [6.07, 6.45) is 3.57. The van der Waals surface area contributed by atoms with Crippen LogP contribution in [0.1, 0.15) is 19.3 Å². The molecule has 5 nitrogen and oxygen atoms in total. The summed E-state index contributed by atoms with van der Waals surface area (Å²) in [6, 6.07) is 15.6. The third-order valence-electron chi connectivity index (χ3n) is 4.96. The number of rotatable bonds is 4.